The molecular weight excluding hydrogens is 342 g/mol. The van der Waals surface area contributed by atoms with Crippen LogP contribution in [-0.2, 0) is 0 Å². The van der Waals surface area contributed by atoms with Gasteiger partial charge in [-0.1, -0.05) is 13.8 Å². The van der Waals surface area contributed by atoms with Crippen LogP contribution in [0.2, 0.25) is 0 Å². The number of aliphatic hydroxyl groups is 4. The minimum Gasteiger partial charge on any atom is -0.393 e. The van der Waals surface area contributed by atoms with E-state index in [1.807, 2.05) is 0 Å². The van der Waals surface area contributed by atoms with E-state index in [1.54, 1.807) is 0 Å². The molecule has 1 aliphatic heterocycles. The smallest absolute Gasteiger partial charge is 0.117 e. The van der Waals surface area contributed by atoms with Crippen molar-refractivity contribution in [2.75, 3.05) is 19.7 Å². The lowest BCUT2D eigenvalue weighted by atomic mass is 9.38. The molecule has 11 atom stereocenters. The summed E-state index contributed by atoms with van der Waals surface area (Å²) in [6, 6.07) is 0.329. The van der Waals surface area contributed by atoms with Gasteiger partial charge in [-0.05, 0) is 74.2 Å². The summed E-state index contributed by atoms with van der Waals surface area (Å²) in [6.07, 6.45) is 4.61. The molecule has 0 amide bonds. The SMILES string of the molecule is CCN1C[C@]2(C)CC[C@H](O)[C@]34C1[C@@H](C[C@H]23)[C@@]12CC[C@H](C[C@H]14)[C@@](O)(CO)[C@H]2O. The van der Waals surface area contributed by atoms with Crippen molar-refractivity contribution < 1.29 is 20.4 Å². The lowest BCUT2D eigenvalue weighted by Crippen LogP contribution is -2.74. The molecule has 27 heavy (non-hydrogen) atoms. The monoisotopic (exact) mass is 377 g/mol. The van der Waals surface area contributed by atoms with Gasteiger partial charge in [-0.15, -0.1) is 0 Å². The molecule has 6 aliphatic carbocycles. The zero-order valence-corrected chi connectivity index (χ0v) is 16.6. The van der Waals surface area contributed by atoms with E-state index >= 15 is 0 Å². The van der Waals surface area contributed by atoms with Crippen molar-refractivity contribution in [3.63, 3.8) is 0 Å². The topological polar surface area (TPSA) is 84.2 Å². The molecule has 0 aromatic carbocycles. The number of nitrogens with zero attached hydrogens (tertiary/aromatic N) is 1. The fourth-order valence-corrected chi connectivity index (χ4v) is 10.4. The third-order valence-corrected chi connectivity index (χ3v) is 11.1. The molecule has 1 unspecified atom stereocenters. The molecule has 152 valence electrons. The van der Waals surface area contributed by atoms with Crippen LogP contribution in [0.5, 0.6) is 0 Å². The lowest BCUT2D eigenvalue weighted by Gasteiger charge is -2.69. The van der Waals surface area contributed by atoms with Gasteiger partial charge in [0.15, 0.2) is 0 Å². The van der Waals surface area contributed by atoms with Crippen LogP contribution < -0.4 is 0 Å². The zero-order valence-electron chi connectivity index (χ0n) is 16.6. The van der Waals surface area contributed by atoms with E-state index in [1.165, 1.54) is 0 Å². The van der Waals surface area contributed by atoms with E-state index in [2.05, 4.69) is 18.7 Å². The lowest BCUT2D eigenvalue weighted by molar-refractivity contribution is -0.297. The maximum absolute atomic E-state index is 11.5. The van der Waals surface area contributed by atoms with Crippen LogP contribution in [0.25, 0.3) is 0 Å². The average molecular weight is 378 g/mol. The average Bonchev–Trinajstić information content (AvgIpc) is 3.12. The van der Waals surface area contributed by atoms with Crippen LogP contribution in [0.15, 0.2) is 0 Å². The molecule has 7 bridgehead atoms. The van der Waals surface area contributed by atoms with Crippen LogP contribution >= 0.6 is 0 Å². The number of likely N-dealkylation sites (tertiary alicyclic amines) is 1. The number of hydrogen-bond acceptors (Lipinski definition) is 5. The fourth-order valence-electron chi connectivity index (χ4n) is 10.4. The van der Waals surface area contributed by atoms with Gasteiger partial charge >= 0.3 is 0 Å². The van der Waals surface area contributed by atoms with Crippen molar-refractivity contribution >= 4 is 0 Å². The Morgan fingerprint density at radius 1 is 1.07 bits per heavy atom. The predicted octanol–water partition coefficient (Wildman–Crippen LogP) is 0.988. The molecule has 6 saturated carbocycles. The van der Waals surface area contributed by atoms with Crippen molar-refractivity contribution in [3.05, 3.63) is 0 Å². The summed E-state index contributed by atoms with van der Waals surface area (Å²) in [4.78, 5) is 2.63. The van der Waals surface area contributed by atoms with Crippen LogP contribution in [-0.4, -0.2) is 68.9 Å². The number of aliphatic hydroxyl groups excluding tert-OH is 3. The van der Waals surface area contributed by atoms with Gasteiger partial charge in [0.25, 0.3) is 0 Å². The van der Waals surface area contributed by atoms with Crippen molar-refractivity contribution in [2.24, 2.45) is 39.9 Å². The summed E-state index contributed by atoms with van der Waals surface area (Å²) in [5, 5.41) is 44.3. The first kappa shape index (κ1) is 17.6. The minimum absolute atomic E-state index is 0.0470. The Labute approximate surface area is 161 Å². The maximum atomic E-state index is 11.5. The first-order valence-corrected chi connectivity index (χ1v) is 11.2. The molecular formula is C22H35NO4. The summed E-state index contributed by atoms with van der Waals surface area (Å²) in [5.74, 6) is 1.10. The van der Waals surface area contributed by atoms with Gasteiger partial charge in [-0.2, -0.15) is 0 Å². The van der Waals surface area contributed by atoms with Gasteiger partial charge in [0.1, 0.15) is 5.60 Å². The van der Waals surface area contributed by atoms with Crippen LogP contribution in [0, 0.1) is 39.9 Å². The summed E-state index contributed by atoms with van der Waals surface area (Å²) < 4.78 is 0. The number of hydrogen-bond donors (Lipinski definition) is 4. The van der Waals surface area contributed by atoms with Gasteiger partial charge in [0.05, 0.1) is 18.8 Å². The second-order valence-electron chi connectivity index (χ2n) is 11.3. The predicted molar refractivity (Wildman–Crippen MR) is 99.7 cm³/mol. The van der Waals surface area contributed by atoms with Crippen molar-refractivity contribution in [2.45, 2.75) is 76.2 Å². The van der Waals surface area contributed by atoms with Gasteiger partial charge in [-0.25, -0.2) is 0 Å². The molecule has 5 heteroatoms. The Bertz CT molecular complexity index is 687. The zero-order chi connectivity index (χ0) is 19.0. The fraction of sp³-hybridized carbons (Fsp3) is 1.00. The van der Waals surface area contributed by atoms with Crippen molar-refractivity contribution in [1.29, 1.82) is 0 Å². The Morgan fingerprint density at radius 3 is 2.56 bits per heavy atom. The highest BCUT2D eigenvalue weighted by Gasteiger charge is 2.86. The molecule has 5 nitrogen and oxygen atoms in total. The summed E-state index contributed by atoms with van der Waals surface area (Å²) >= 11 is 0. The molecule has 7 fully saturated rings. The van der Waals surface area contributed by atoms with E-state index in [9.17, 15) is 20.4 Å². The Balaban J connectivity index is 1.58. The normalized spacial score (nSPS) is 66.2. The summed E-state index contributed by atoms with van der Waals surface area (Å²) in [5.41, 5.74) is -1.55. The van der Waals surface area contributed by atoms with Gasteiger partial charge in [0, 0.05) is 23.4 Å². The van der Waals surface area contributed by atoms with E-state index in [-0.39, 0.29) is 40.8 Å². The number of piperidine rings is 1. The Hall–Kier alpha value is -0.200. The van der Waals surface area contributed by atoms with Gasteiger partial charge < -0.3 is 20.4 Å². The standard InChI is InChI=1S/C22H35NO4/c1-3-23-10-19(2)6-5-16(25)22-14(19)9-13(17(22)23)20-7-4-12(8-15(20)22)21(27,11-24)18(20)26/h12-18,24-27H,3-11H2,1-2H3/t12-,13-,14-,15-,16+,17?,18+,19+,20+,21+,22+/m1/s1. The highest BCUT2D eigenvalue weighted by molar-refractivity contribution is 5.35. The summed E-state index contributed by atoms with van der Waals surface area (Å²) in [7, 11) is 0. The van der Waals surface area contributed by atoms with Crippen molar-refractivity contribution in [1.82, 2.24) is 4.90 Å². The number of rotatable bonds is 2. The third-order valence-electron chi connectivity index (χ3n) is 11.1. The van der Waals surface area contributed by atoms with Crippen LogP contribution in [0.3, 0.4) is 0 Å². The van der Waals surface area contributed by atoms with Crippen LogP contribution in [0.1, 0.15) is 52.4 Å². The van der Waals surface area contributed by atoms with E-state index < -0.39 is 11.7 Å². The molecule has 7 aliphatic rings. The molecule has 1 saturated heterocycles. The quantitative estimate of drug-likeness (QED) is 0.577. The third kappa shape index (κ3) is 1.53. The molecule has 0 aromatic heterocycles. The first-order chi connectivity index (χ1) is 12.8. The highest BCUT2D eigenvalue weighted by atomic mass is 16.4. The van der Waals surface area contributed by atoms with Crippen molar-refractivity contribution in [3.8, 4) is 0 Å². The Kier molecular flexibility index (Phi) is 3.21. The molecule has 7 rings (SSSR count). The van der Waals surface area contributed by atoms with Crippen LogP contribution in [0.4, 0.5) is 0 Å². The van der Waals surface area contributed by atoms with E-state index in [0.717, 1.165) is 51.6 Å². The summed E-state index contributed by atoms with van der Waals surface area (Å²) in [6.45, 7) is 6.43. The number of fused-ring (bicyclic) bond motifs is 2. The minimum atomic E-state index is -1.36. The first-order valence-electron chi connectivity index (χ1n) is 11.2. The van der Waals surface area contributed by atoms with Gasteiger partial charge in [-0.3, -0.25) is 4.90 Å². The van der Waals surface area contributed by atoms with E-state index in [0.29, 0.717) is 17.9 Å². The molecule has 0 radical (unpaired) electrons. The molecule has 4 N–H and O–H groups in total. The second-order valence-corrected chi connectivity index (χ2v) is 11.3. The second kappa shape index (κ2) is 4.92. The highest BCUT2D eigenvalue weighted by Crippen LogP contribution is 2.83. The molecule has 1 heterocycles. The molecule has 0 aromatic rings. The van der Waals surface area contributed by atoms with E-state index in [4.69, 9.17) is 0 Å². The molecule has 2 spiro atoms. The maximum Gasteiger partial charge on any atom is 0.117 e. The Morgan fingerprint density at radius 2 is 1.85 bits per heavy atom. The van der Waals surface area contributed by atoms with Gasteiger partial charge in [0.2, 0.25) is 0 Å². The largest absolute Gasteiger partial charge is 0.393 e.